The van der Waals surface area contributed by atoms with Gasteiger partial charge < -0.3 is 9.73 Å². The molecule has 3 nitrogen and oxygen atoms in total. The summed E-state index contributed by atoms with van der Waals surface area (Å²) in [4.78, 5) is 11.6. The molecular formula is C15H17NO2S. The Bertz CT molecular complexity index is 482. The molecule has 19 heavy (non-hydrogen) atoms. The Kier molecular flexibility index (Phi) is 5.56. The fraction of sp³-hybridized carbons (Fsp3) is 0.267. The lowest BCUT2D eigenvalue weighted by molar-refractivity contribution is -0.118. The van der Waals surface area contributed by atoms with Crippen LogP contribution in [-0.4, -0.2) is 18.2 Å². The second-order valence-corrected chi connectivity index (χ2v) is 5.20. The number of nitrogens with one attached hydrogen (secondary N) is 1. The lowest BCUT2D eigenvalue weighted by Gasteiger charge is -2.04. The molecule has 0 aliphatic rings. The van der Waals surface area contributed by atoms with Crippen molar-refractivity contribution in [2.45, 2.75) is 12.2 Å². The first kappa shape index (κ1) is 13.7. The third kappa shape index (κ3) is 5.22. The minimum Gasteiger partial charge on any atom is -0.472 e. The number of furan rings is 1. The molecule has 0 spiro atoms. The Balaban J connectivity index is 1.57. The van der Waals surface area contributed by atoms with Crippen LogP contribution in [0, 0.1) is 0 Å². The van der Waals surface area contributed by atoms with Crippen LogP contribution in [-0.2, 0) is 17.0 Å². The molecule has 1 aromatic heterocycles. The maximum absolute atomic E-state index is 11.6. The van der Waals surface area contributed by atoms with Crippen molar-refractivity contribution in [1.29, 1.82) is 0 Å². The molecule has 1 heterocycles. The number of carbonyl (C=O) groups is 1. The van der Waals surface area contributed by atoms with Crippen molar-refractivity contribution in [2.24, 2.45) is 0 Å². The van der Waals surface area contributed by atoms with Crippen LogP contribution in [0.4, 0.5) is 0 Å². The van der Waals surface area contributed by atoms with E-state index in [4.69, 9.17) is 4.42 Å². The van der Waals surface area contributed by atoms with Crippen LogP contribution in [0.25, 0.3) is 0 Å². The number of thioether (sulfide) groups is 1. The molecule has 100 valence electrons. The zero-order valence-corrected chi connectivity index (χ0v) is 11.5. The van der Waals surface area contributed by atoms with Gasteiger partial charge in [-0.1, -0.05) is 30.3 Å². The topological polar surface area (TPSA) is 42.2 Å². The average Bonchev–Trinajstić information content (AvgIpc) is 2.93. The van der Waals surface area contributed by atoms with E-state index in [0.29, 0.717) is 12.3 Å². The monoisotopic (exact) mass is 275 g/mol. The maximum atomic E-state index is 11.6. The maximum Gasteiger partial charge on any atom is 0.230 e. The smallest absolute Gasteiger partial charge is 0.230 e. The van der Waals surface area contributed by atoms with Crippen molar-refractivity contribution >= 4 is 17.7 Å². The zero-order chi connectivity index (χ0) is 13.3. The number of amides is 1. The van der Waals surface area contributed by atoms with Gasteiger partial charge in [-0.05, 0) is 23.6 Å². The first-order chi connectivity index (χ1) is 9.34. The van der Waals surface area contributed by atoms with Crippen LogP contribution in [0.1, 0.15) is 11.1 Å². The first-order valence-electron chi connectivity index (χ1n) is 6.24. The molecule has 4 heteroatoms. The van der Waals surface area contributed by atoms with Crippen LogP contribution in [0.5, 0.6) is 0 Å². The molecule has 0 radical (unpaired) electrons. The van der Waals surface area contributed by atoms with Crippen molar-refractivity contribution < 1.29 is 9.21 Å². The molecule has 1 N–H and O–H groups in total. The number of benzene rings is 1. The van der Waals surface area contributed by atoms with Gasteiger partial charge in [0.15, 0.2) is 0 Å². The van der Waals surface area contributed by atoms with Gasteiger partial charge in [-0.2, -0.15) is 0 Å². The van der Waals surface area contributed by atoms with E-state index in [-0.39, 0.29) is 5.91 Å². The Hall–Kier alpha value is -1.68. The molecule has 2 aromatic rings. The predicted octanol–water partition coefficient (Wildman–Crippen LogP) is 2.87. The normalized spacial score (nSPS) is 10.3. The molecule has 0 aliphatic heterocycles. The SMILES string of the molecule is O=C(CSCc1ccccc1)NCCc1ccoc1. The summed E-state index contributed by atoms with van der Waals surface area (Å²) < 4.78 is 4.97. The minimum atomic E-state index is 0.0874. The number of rotatable bonds is 7. The fourth-order valence-corrected chi connectivity index (χ4v) is 2.49. The van der Waals surface area contributed by atoms with Gasteiger partial charge in [0.2, 0.25) is 5.91 Å². The van der Waals surface area contributed by atoms with Gasteiger partial charge in [-0.15, -0.1) is 11.8 Å². The summed E-state index contributed by atoms with van der Waals surface area (Å²) >= 11 is 1.63. The molecule has 0 bridgehead atoms. The highest BCUT2D eigenvalue weighted by Crippen LogP contribution is 2.11. The Labute approximate surface area is 117 Å². The summed E-state index contributed by atoms with van der Waals surface area (Å²) in [5.41, 5.74) is 2.36. The second kappa shape index (κ2) is 7.69. The highest BCUT2D eigenvalue weighted by Gasteiger charge is 2.02. The Morgan fingerprint density at radius 2 is 2.00 bits per heavy atom. The van der Waals surface area contributed by atoms with E-state index in [1.54, 1.807) is 24.3 Å². The van der Waals surface area contributed by atoms with Gasteiger partial charge in [-0.25, -0.2) is 0 Å². The van der Waals surface area contributed by atoms with E-state index in [0.717, 1.165) is 17.7 Å². The van der Waals surface area contributed by atoms with Gasteiger partial charge >= 0.3 is 0 Å². The highest BCUT2D eigenvalue weighted by molar-refractivity contribution is 7.99. The van der Waals surface area contributed by atoms with Crippen LogP contribution in [0.3, 0.4) is 0 Å². The summed E-state index contributed by atoms with van der Waals surface area (Å²) in [7, 11) is 0. The summed E-state index contributed by atoms with van der Waals surface area (Å²) in [6, 6.07) is 12.1. The van der Waals surface area contributed by atoms with Gasteiger partial charge in [0, 0.05) is 12.3 Å². The van der Waals surface area contributed by atoms with Gasteiger partial charge in [0.05, 0.1) is 18.3 Å². The quantitative estimate of drug-likeness (QED) is 0.845. The van der Waals surface area contributed by atoms with E-state index >= 15 is 0 Å². The molecule has 0 unspecified atom stereocenters. The van der Waals surface area contributed by atoms with E-state index in [1.165, 1.54) is 5.56 Å². The average molecular weight is 275 g/mol. The Morgan fingerprint density at radius 3 is 2.74 bits per heavy atom. The van der Waals surface area contributed by atoms with Gasteiger partial charge in [-0.3, -0.25) is 4.79 Å². The first-order valence-corrected chi connectivity index (χ1v) is 7.39. The summed E-state index contributed by atoms with van der Waals surface area (Å²) in [6.07, 6.45) is 4.16. The predicted molar refractivity (Wildman–Crippen MR) is 78.0 cm³/mol. The van der Waals surface area contributed by atoms with Crippen molar-refractivity contribution in [3.8, 4) is 0 Å². The number of hydrogen-bond acceptors (Lipinski definition) is 3. The van der Waals surface area contributed by atoms with E-state index in [2.05, 4.69) is 17.4 Å². The van der Waals surface area contributed by atoms with Gasteiger partial charge in [0.1, 0.15) is 0 Å². The summed E-state index contributed by atoms with van der Waals surface area (Å²) in [5, 5.41) is 2.91. The summed E-state index contributed by atoms with van der Waals surface area (Å²) in [5.74, 6) is 1.46. The molecule has 2 rings (SSSR count). The van der Waals surface area contributed by atoms with Crippen LogP contribution < -0.4 is 5.32 Å². The molecule has 1 aromatic carbocycles. The van der Waals surface area contributed by atoms with Gasteiger partial charge in [0.25, 0.3) is 0 Å². The molecule has 1 amide bonds. The molecule has 0 saturated heterocycles. The van der Waals surface area contributed by atoms with E-state index in [9.17, 15) is 4.79 Å². The Morgan fingerprint density at radius 1 is 1.16 bits per heavy atom. The third-order valence-corrected chi connectivity index (χ3v) is 3.66. The van der Waals surface area contributed by atoms with E-state index in [1.807, 2.05) is 24.3 Å². The number of carbonyl (C=O) groups excluding carboxylic acids is 1. The summed E-state index contributed by atoms with van der Waals surface area (Å²) in [6.45, 7) is 0.657. The zero-order valence-electron chi connectivity index (χ0n) is 10.7. The van der Waals surface area contributed by atoms with Crippen molar-refractivity contribution in [3.05, 3.63) is 60.1 Å². The van der Waals surface area contributed by atoms with Crippen LogP contribution in [0.15, 0.2) is 53.3 Å². The lowest BCUT2D eigenvalue weighted by atomic mass is 10.2. The lowest BCUT2D eigenvalue weighted by Crippen LogP contribution is -2.27. The standard InChI is InChI=1S/C15H17NO2S/c17-15(16-8-6-13-7-9-18-10-13)12-19-11-14-4-2-1-3-5-14/h1-5,7,9-10H,6,8,11-12H2,(H,16,17). The molecule has 0 aliphatic carbocycles. The largest absolute Gasteiger partial charge is 0.472 e. The number of hydrogen-bond donors (Lipinski definition) is 1. The van der Waals surface area contributed by atoms with Crippen molar-refractivity contribution in [1.82, 2.24) is 5.32 Å². The molecular weight excluding hydrogens is 258 g/mol. The van der Waals surface area contributed by atoms with Crippen molar-refractivity contribution in [3.63, 3.8) is 0 Å². The van der Waals surface area contributed by atoms with Crippen LogP contribution >= 0.6 is 11.8 Å². The third-order valence-electron chi connectivity index (χ3n) is 2.66. The highest BCUT2D eigenvalue weighted by atomic mass is 32.2. The molecule has 0 fully saturated rings. The molecule has 0 saturated carbocycles. The second-order valence-electron chi connectivity index (χ2n) is 4.21. The van der Waals surface area contributed by atoms with Crippen molar-refractivity contribution in [2.75, 3.05) is 12.3 Å². The fourth-order valence-electron chi connectivity index (χ4n) is 1.67. The minimum absolute atomic E-state index is 0.0874. The molecule has 0 atom stereocenters. The van der Waals surface area contributed by atoms with E-state index < -0.39 is 0 Å². The van der Waals surface area contributed by atoms with Crippen LogP contribution in [0.2, 0.25) is 0 Å².